The molecule has 0 saturated heterocycles. The third-order valence-corrected chi connectivity index (χ3v) is 3.92. The lowest BCUT2D eigenvalue weighted by Gasteiger charge is -1.98. The van der Waals surface area contributed by atoms with Crippen LogP contribution in [-0.4, -0.2) is 10.2 Å². The molecule has 0 radical (unpaired) electrons. The zero-order valence-electron chi connectivity index (χ0n) is 8.16. The summed E-state index contributed by atoms with van der Waals surface area (Å²) in [7, 11) is 0. The van der Waals surface area contributed by atoms with Crippen LogP contribution in [0.25, 0.3) is 10.6 Å². The van der Waals surface area contributed by atoms with E-state index in [0.717, 1.165) is 5.69 Å². The van der Waals surface area contributed by atoms with E-state index in [1.54, 1.807) is 11.3 Å². The minimum Gasteiger partial charge on any atom is -0.281 e. The van der Waals surface area contributed by atoms with E-state index in [-0.39, 0.29) is 0 Å². The summed E-state index contributed by atoms with van der Waals surface area (Å²) in [6.07, 6.45) is 2.55. The molecule has 0 bridgehead atoms. The van der Waals surface area contributed by atoms with Crippen molar-refractivity contribution in [2.75, 3.05) is 0 Å². The number of halogens is 1. The summed E-state index contributed by atoms with van der Waals surface area (Å²) in [5.74, 6) is 1.23. The summed E-state index contributed by atoms with van der Waals surface area (Å²) in [4.78, 5) is 1.20. The summed E-state index contributed by atoms with van der Waals surface area (Å²) in [5, 5.41) is 9.61. The molecular formula is C11H11ClN2S. The largest absolute Gasteiger partial charge is 0.281 e. The second-order valence-corrected chi connectivity index (χ2v) is 5.06. The lowest BCUT2D eigenvalue weighted by atomic mass is 10.1. The van der Waals surface area contributed by atoms with E-state index in [1.165, 1.54) is 29.0 Å². The van der Waals surface area contributed by atoms with Crippen molar-refractivity contribution in [1.82, 2.24) is 10.2 Å². The first-order valence-corrected chi connectivity index (χ1v) is 6.48. The van der Waals surface area contributed by atoms with Crippen molar-refractivity contribution < 1.29 is 0 Å². The monoisotopic (exact) mass is 238 g/mol. The maximum absolute atomic E-state index is 6.01. The number of H-pyrrole nitrogens is 1. The first-order valence-electron chi connectivity index (χ1n) is 5.07. The molecular weight excluding hydrogens is 228 g/mol. The smallest absolute Gasteiger partial charge is 0.107 e. The Morgan fingerprint density at radius 3 is 3.00 bits per heavy atom. The van der Waals surface area contributed by atoms with Gasteiger partial charge in [0, 0.05) is 17.2 Å². The topological polar surface area (TPSA) is 28.7 Å². The van der Waals surface area contributed by atoms with Crippen LogP contribution in [0.5, 0.6) is 0 Å². The summed E-state index contributed by atoms with van der Waals surface area (Å²) in [5.41, 5.74) is 3.50. The molecule has 0 atom stereocenters. The van der Waals surface area contributed by atoms with E-state index in [2.05, 4.69) is 21.6 Å². The van der Waals surface area contributed by atoms with Crippen molar-refractivity contribution in [3.05, 3.63) is 28.8 Å². The van der Waals surface area contributed by atoms with E-state index in [4.69, 9.17) is 11.6 Å². The van der Waals surface area contributed by atoms with Gasteiger partial charge in [-0.2, -0.15) is 5.10 Å². The van der Waals surface area contributed by atoms with Gasteiger partial charge in [0.2, 0.25) is 0 Å². The predicted octanol–water partition coefficient (Wildman–Crippen LogP) is 3.75. The highest BCUT2D eigenvalue weighted by molar-refractivity contribution is 7.13. The molecule has 2 aromatic heterocycles. The number of hydrogen-bond acceptors (Lipinski definition) is 2. The van der Waals surface area contributed by atoms with Crippen LogP contribution in [0.1, 0.15) is 30.0 Å². The van der Waals surface area contributed by atoms with E-state index in [0.29, 0.717) is 11.8 Å². The Bertz CT molecular complexity index is 457. The van der Waals surface area contributed by atoms with Crippen molar-refractivity contribution in [1.29, 1.82) is 0 Å². The molecule has 1 saturated carbocycles. The molecule has 0 amide bonds. The van der Waals surface area contributed by atoms with Crippen molar-refractivity contribution in [3.63, 3.8) is 0 Å². The summed E-state index contributed by atoms with van der Waals surface area (Å²) >= 11 is 7.72. The molecule has 1 fully saturated rings. The predicted molar refractivity (Wildman–Crippen MR) is 63.4 cm³/mol. The molecule has 4 heteroatoms. The molecule has 2 heterocycles. The Balaban J connectivity index is 2.07. The number of aromatic amines is 1. The summed E-state index contributed by atoms with van der Waals surface area (Å²) < 4.78 is 0. The summed E-state index contributed by atoms with van der Waals surface area (Å²) in [6.45, 7) is 0. The minimum absolute atomic E-state index is 0.551. The number of hydrogen-bond donors (Lipinski definition) is 1. The second-order valence-electron chi connectivity index (χ2n) is 3.85. The van der Waals surface area contributed by atoms with E-state index < -0.39 is 0 Å². The first-order chi connectivity index (χ1) is 7.40. The van der Waals surface area contributed by atoms with E-state index in [1.807, 2.05) is 6.07 Å². The van der Waals surface area contributed by atoms with Crippen LogP contribution >= 0.6 is 22.9 Å². The van der Waals surface area contributed by atoms with Crippen molar-refractivity contribution in [2.24, 2.45) is 0 Å². The number of rotatable bonds is 3. The van der Waals surface area contributed by atoms with Crippen molar-refractivity contribution in [3.8, 4) is 10.6 Å². The van der Waals surface area contributed by atoms with Gasteiger partial charge in [0.1, 0.15) is 5.69 Å². The van der Waals surface area contributed by atoms with Gasteiger partial charge < -0.3 is 0 Å². The number of thiophene rings is 1. The zero-order valence-corrected chi connectivity index (χ0v) is 9.74. The Morgan fingerprint density at radius 1 is 1.53 bits per heavy atom. The highest BCUT2D eigenvalue weighted by Crippen LogP contribution is 2.43. The quantitative estimate of drug-likeness (QED) is 0.811. The summed E-state index contributed by atoms with van der Waals surface area (Å²) in [6, 6.07) is 4.14. The standard InChI is InChI=1S/C11H11ClN2S/c12-6-8-10(7-3-4-7)13-14-11(8)9-2-1-5-15-9/h1-2,5,7H,3-4,6H2,(H,13,14). The van der Waals surface area contributed by atoms with Crippen LogP contribution in [0.2, 0.25) is 0 Å². The third-order valence-electron chi connectivity index (χ3n) is 2.77. The molecule has 78 valence electrons. The van der Waals surface area contributed by atoms with Crippen LogP contribution in [0.15, 0.2) is 17.5 Å². The van der Waals surface area contributed by atoms with E-state index >= 15 is 0 Å². The number of aromatic nitrogens is 2. The van der Waals surface area contributed by atoms with Crippen molar-refractivity contribution >= 4 is 22.9 Å². The fourth-order valence-electron chi connectivity index (χ4n) is 1.84. The Morgan fingerprint density at radius 2 is 2.40 bits per heavy atom. The van der Waals surface area contributed by atoms with Crippen LogP contribution in [-0.2, 0) is 5.88 Å². The second kappa shape index (κ2) is 3.65. The van der Waals surface area contributed by atoms with Gasteiger partial charge in [0.25, 0.3) is 0 Å². The fraction of sp³-hybridized carbons (Fsp3) is 0.364. The molecule has 0 unspecified atom stereocenters. The first kappa shape index (κ1) is 9.43. The molecule has 3 rings (SSSR count). The lowest BCUT2D eigenvalue weighted by Crippen LogP contribution is -1.86. The van der Waals surface area contributed by atoms with Gasteiger partial charge in [0.05, 0.1) is 10.8 Å². The number of alkyl halides is 1. The molecule has 0 aromatic carbocycles. The molecule has 2 aromatic rings. The average molecular weight is 239 g/mol. The SMILES string of the molecule is ClCc1c(-c2cccs2)n[nH]c1C1CC1. The third kappa shape index (κ3) is 1.60. The molecule has 15 heavy (non-hydrogen) atoms. The van der Waals surface area contributed by atoms with Crippen LogP contribution < -0.4 is 0 Å². The molecule has 2 nitrogen and oxygen atoms in total. The normalized spacial score (nSPS) is 15.8. The van der Waals surface area contributed by atoms with Gasteiger partial charge in [-0.05, 0) is 24.3 Å². The molecule has 1 aliphatic rings. The minimum atomic E-state index is 0.551. The van der Waals surface area contributed by atoms with Crippen LogP contribution in [0, 0.1) is 0 Å². The maximum atomic E-state index is 6.01. The number of nitrogens with one attached hydrogen (secondary N) is 1. The average Bonchev–Trinajstić information content (AvgIpc) is 2.83. The zero-order chi connectivity index (χ0) is 10.3. The molecule has 1 aliphatic carbocycles. The number of nitrogens with zero attached hydrogens (tertiary/aromatic N) is 1. The van der Waals surface area contributed by atoms with Gasteiger partial charge in [-0.25, -0.2) is 0 Å². The molecule has 0 spiro atoms. The highest BCUT2D eigenvalue weighted by Gasteiger charge is 2.29. The maximum Gasteiger partial charge on any atom is 0.107 e. The lowest BCUT2D eigenvalue weighted by molar-refractivity contribution is 0.958. The Labute approximate surface area is 97.3 Å². The fourth-order valence-corrected chi connectivity index (χ4v) is 2.85. The van der Waals surface area contributed by atoms with E-state index in [9.17, 15) is 0 Å². The Kier molecular flexibility index (Phi) is 2.29. The molecule has 0 aliphatic heterocycles. The van der Waals surface area contributed by atoms with Crippen LogP contribution in [0.3, 0.4) is 0 Å². The van der Waals surface area contributed by atoms with Crippen LogP contribution in [0.4, 0.5) is 0 Å². The van der Waals surface area contributed by atoms with Gasteiger partial charge in [-0.1, -0.05) is 6.07 Å². The van der Waals surface area contributed by atoms with Crippen molar-refractivity contribution in [2.45, 2.75) is 24.6 Å². The molecule has 1 N–H and O–H groups in total. The highest BCUT2D eigenvalue weighted by atomic mass is 35.5. The van der Waals surface area contributed by atoms with Gasteiger partial charge in [0.15, 0.2) is 0 Å². The van der Waals surface area contributed by atoms with Gasteiger partial charge >= 0.3 is 0 Å². The Hall–Kier alpha value is -0.800. The van der Waals surface area contributed by atoms with Gasteiger partial charge in [-0.3, -0.25) is 5.10 Å². The van der Waals surface area contributed by atoms with Gasteiger partial charge in [-0.15, -0.1) is 22.9 Å².